The first kappa shape index (κ1) is 27.1. The molecule has 1 aliphatic rings. The molecule has 0 bridgehead atoms. The lowest BCUT2D eigenvalue weighted by atomic mass is 9.98. The number of benzene rings is 1. The number of nitrogens with zero attached hydrogens (tertiary/aromatic N) is 2. The standard InChI is InChI=1S/C28H38N4O4S/c1-18-15-24(36-6)22(26(33)30-18)16-29-27(34)25-19(2)32(23-10-8-7-9-21(23)25)17-20-11-13-31(14-12-20)37(35)28(3,4)5/h7-10,15,20H,11-14,16-17H2,1-6H3,(H,29,34)(H,30,33). The number of ether oxygens (including phenoxy) is 1. The first-order valence-corrected chi connectivity index (χ1v) is 13.9. The number of para-hydroxylation sites is 1. The van der Waals surface area contributed by atoms with Crippen molar-refractivity contribution >= 4 is 27.8 Å². The van der Waals surface area contributed by atoms with Gasteiger partial charge in [-0.1, -0.05) is 18.2 Å². The van der Waals surface area contributed by atoms with E-state index in [1.165, 1.54) is 7.11 Å². The maximum Gasteiger partial charge on any atom is 0.256 e. The summed E-state index contributed by atoms with van der Waals surface area (Å²) in [6.45, 7) is 12.3. The fraction of sp³-hybridized carbons (Fsp3) is 0.500. The number of carbonyl (C=O) groups excluding carboxylic acids is 1. The van der Waals surface area contributed by atoms with Gasteiger partial charge in [0.15, 0.2) is 0 Å². The highest BCUT2D eigenvalue weighted by Crippen LogP contribution is 2.30. The molecule has 1 saturated heterocycles. The molecule has 1 amide bonds. The van der Waals surface area contributed by atoms with E-state index in [0.717, 1.165) is 49.1 Å². The second-order valence-corrected chi connectivity index (χ2v) is 13.1. The molecule has 0 aliphatic carbocycles. The molecule has 8 nitrogen and oxygen atoms in total. The van der Waals surface area contributed by atoms with E-state index in [4.69, 9.17) is 4.74 Å². The van der Waals surface area contributed by atoms with E-state index in [1.807, 2.05) is 45.9 Å². The summed E-state index contributed by atoms with van der Waals surface area (Å²) >= 11 is 0. The summed E-state index contributed by atoms with van der Waals surface area (Å²) in [5, 5.41) is 3.84. The molecule has 3 heterocycles. The third-order valence-corrected chi connectivity index (χ3v) is 8.99. The van der Waals surface area contributed by atoms with Crippen molar-refractivity contribution in [2.75, 3.05) is 20.2 Å². The predicted molar refractivity (Wildman–Crippen MR) is 148 cm³/mol. The summed E-state index contributed by atoms with van der Waals surface area (Å²) in [6.07, 6.45) is 1.93. The van der Waals surface area contributed by atoms with Crippen LogP contribution >= 0.6 is 0 Å². The summed E-state index contributed by atoms with van der Waals surface area (Å²) in [6, 6.07) is 9.71. The van der Waals surface area contributed by atoms with Crippen LogP contribution < -0.4 is 15.6 Å². The second-order valence-electron chi connectivity index (χ2n) is 10.8. The Labute approximate surface area is 221 Å². The molecular formula is C28H38N4O4S. The van der Waals surface area contributed by atoms with E-state index in [-0.39, 0.29) is 22.8 Å². The van der Waals surface area contributed by atoms with Gasteiger partial charge in [-0.3, -0.25) is 9.59 Å². The number of aromatic amines is 1. The summed E-state index contributed by atoms with van der Waals surface area (Å²) in [5.74, 6) is 0.679. The highest BCUT2D eigenvalue weighted by molar-refractivity contribution is 7.84. The molecule has 37 heavy (non-hydrogen) atoms. The van der Waals surface area contributed by atoms with Gasteiger partial charge in [0.1, 0.15) is 5.75 Å². The van der Waals surface area contributed by atoms with Crippen molar-refractivity contribution in [3.8, 4) is 5.75 Å². The Morgan fingerprint density at radius 3 is 2.51 bits per heavy atom. The van der Waals surface area contributed by atoms with Crippen LogP contribution in [-0.4, -0.2) is 48.9 Å². The van der Waals surface area contributed by atoms with Crippen molar-refractivity contribution in [2.45, 2.75) is 65.3 Å². The van der Waals surface area contributed by atoms with Crippen LogP contribution in [0.15, 0.2) is 35.1 Å². The Morgan fingerprint density at radius 2 is 1.86 bits per heavy atom. The highest BCUT2D eigenvalue weighted by atomic mass is 32.2. The van der Waals surface area contributed by atoms with Gasteiger partial charge in [0.25, 0.3) is 11.5 Å². The van der Waals surface area contributed by atoms with Crippen LogP contribution in [0.3, 0.4) is 0 Å². The van der Waals surface area contributed by atoms with Gasteiger partial charge >= 0.3 is 0 Å². The zero-order valence-electron chi connectivity index (χ0n) is 22.6. The molecule has 1 aromatic carbocycles. The number of aryl methyl sites for hydroxylation is 1. The minimum Gasteiger partial charge on any atom is -0.496 e. The number of hydrogen-bond donors (Lipinski definition) is 2. The van der Waals surface area contributed by atoms with Gasteiger partial charge < -0.3 is 19.6 Å². The number of fused-ring (bicyclic) bond motifs is 1. The molecule has 0 saturated carbocycles. The summed E-state index contributed by atoms with van der Waals surface area (Å²) in [5.41, 5.74) is 3.38. The average Bonchev–Trinajstić information content (AvgIpc) is 3.13. The van der Waals surface area contributed by atoms with Gasteiger partial charge in [0, 0.05) is 41.9 Å². The Balaban J connectivity index is 1.54. The topological polar surface area (TPSA) is 96.4 Å². The van der Waals surface area contributed by atoms with E-state index in [0.29, 0.717) is 28.5 Å². The van der Waals surface area contributed by atoms with Crippen LogP contribution in [0.4, 0.5) is 0 Å². The smallest absolute Gasteiger partial charge is 0.256 e. The molecule has 9 heteroatoms. The first-order chi connectivity index (χ1) is 17.5. The molecule has 1 unspecified atom stereocenters. The Morgan fingerprint density at radius 1 is 1.19 bits per heavy atom. The van der Waals surface area contributed by atoms with Gasteiger partial charge in [-0.15, -0.1) is 0 Å². The Hall–Kier alpha value is -2.91. The van der Waals surface area contributed by atoms with Crippen molar-refractivity contribution < 1.29 is 13.7 Å². The third-order valence-electron chi connectivity index (χ3n) is 7.11. The first-order valence-electron chi connectivity index (χ1n) is 12.8. The normalized spacial score (nSPS) is 16.2. The molecule has 0 radical (unpaired) electrons. The fourth-order valence-corrected chi connectivity index (χ4v) is 6.47. The van der Waals surface area contributed by atoms with Crippen molar-refractivity contribution in [3.05, 3.63) is 63.2 Å². The van der Waals surface area contributed by atoms with Crippen LogP contribution in [0.5, 0.6) is 5.75 Å². The number of aromatic nitrogens is 2. The van der Waals surface area contributed by atoms with E-state index >= 15 is 0 Å². The van der Waals surface area contributed by atoms with Crippen LogP contribution in [-0.2, 0) is 24.1 Å². The molecule has 2 N–H and O–H groups in total. The van der Waals surface area contributed by atoms with E-state index < -0.39 is 11.0 Å². The number of H-pyrrole nitrogens is 1. The van der Waals surface area contributed by atoms with E-state index in [2.05, 4.69) is 25.2 Å². The second kappa shape index (κ2) is 10.8. The van der Waals surface area contributed by atoms with Crippen LogP contribution in [0.2, 0.25) is 0 Å². The molecule has 2 aromatic heterocycles. The number of piperidine rings is 1. The van der Waals surface area contributed by atoms with Crippen LogP contribution in [0.25, 0.3) is 10.9 Å². The molecule has 0 spiro atoms. The lowest BCUT2D eigenvalue weighted by Crippen LogP contribution is -2.42. The third kappa shape index (κ3) is 5.67. The van der Waals surface area contributed by atoms with E-state index in [1.54, 1.807) is 13.0 Å². The van der Waals surface area contributed by atoms with Gasteiger partial charge in [0.2, 0.25) is 0 Å². The number of hydrogen-bond acceptors (Lipinski definition) is 4. The highest BCUT2D eigenvalue weighted by Gasteiger charge is 2.30. The Bertz CT molecular complexity index is 1380. The minimum atomic E-state index is -0.998. The van der Waals surface area contributed by atoms with Crippen LogP contribution in [0, 0.1) is 19.8 Å². The van der Waals surface area contributed by atoms with Gasteiger partial charge in [0.05, 0.1) is 40.5 Å². The van der Waals surface area contributed by atoms with Gasteiger partial charge in [-0.25, -0.2) is 8.51 Å². The molecule has 1 atom stereocenters. The quantitative estimate of drug-likeness (QED) is 0.485. The predicted octanol–water partition coefficient (Wildman–Crippen LogP) is 4.06. The summed E-state index contributed by atoms with van der Waals surface area (Å²) in [4.78, 5) is 28.7. The largest absolute Gasteiger partial charge is 0.496 e. The zero-order valence-corrected chi connectivity index (χ0v) is 23.5. The molecule has 200 valence electrons. The summed E-state index contributed by atoms with van der Waals surface area (Å²) < 4.78 is 22.2. The molecular weight excluding hydrogens is 488 g/mol. The fourth-order valence-electron chi connectivity index (χ4n) is 5.15. The monoisotopic (exact) mass is 526 g/mol. The van der Waals surface area contributed by atoms with E-state index in [9.17, 15) is 13.8 Å². The van der Waals surface area contributed by atoms with Crippen LogP contribution in [0.1, 0.15) is 60.9 Å². The molecule has 1 aliphatic heterocycles. The minimum absolute atomic E-state index is 0.0694. The number of methoxy groups -OCH3 is 1. The maximum absolute atomic E-state index is 13.4. The van der Waals surface area contributed by atoms with Crippen molar-refractivity contribution in [1.82, 2.24) is 19.2 Å². The maximum atomic E-state index is 13.4. The van der Waals surface area contributed by atoms with Gasteiger partial charge in [-0.05, 0) is 65.5 Å². The number of carbonyl (C=O) groups is 1. The molecule has 1 fully saturated rings. The molecule has 3 aromatic rings. The van der Waals surface area contributed by atoms with Crippen molar-refractivity contribution in [3.63, 3.8) is 0 Å². The Kier molecular flexibility index (Phi) is 7.94. The number of pyridine rings is 1. The lowest BCUT2D eigenvalue weighted by molar-refractivity contribution is 0.0951. The number of nitrogens with one attached hydrogen (secondary N) is 2. The van der Waals surface area contributed by atoms with Crippen molar-refractivity contribution in [1.29, 1.82) is 0 Å². The van der Waals surface area contributed by atoms with Gasteiger partial charge in [-0.2, -0.15) is 0 Å². The number of rotatable bonds is 7. The zero-order chi connectivity index (χ0) is 26.9. The SMILES string of the molecule is COc1cc(C)[nH]c(=O)c1CNC(=O)c1c(C)n(CC2CCN(S(=O)C(C)(C)C)CC2)c2ccccc12. The van der Waals surface area contributed by atoms with Crippen molar-refractivity contribution in [2.24, 2.45) is 5.92 Å². The lowest BCUT2D eigenvalue weighted by Gasteiger charge is -2.35. The molecule has 4 rings (SSSR count). The number of amides is 1. The average molecular weight is 527 g/mol. The summed E-state index contributed by atoms with van der Waals surface area (Å²) in [7, 11) is 0.519.